The number of aromatic nitrogens is 4. The highest BCUT2D eigenvalue weighted by Crippen LogP contribution is 2.31. The lowest BCUT2D eigenvalue weighted by molar-refractivity contribution is 0.00876. The summed E-state index contributed by atoms with van der Waals surface area (Å²) in [4.78, 5) is 25.4. The molecule has 0 aromatic carbocycles. The van der Waals surface area contributed by atoms with Gasteiger partial charge in [-0.15, -0.1) is 0 Å². The first-order valence-electron chi connectivity index (χ1n) is 7.07. The van der Waals surface area contributed by atoms with Crippen LogP contribution in [0.2, 0.25) is 0 Å². The molecule has 2 unspecified atom stereocenters. The van der Waals surface area contributed by atoms with Gasteiger partial charge in [0.15, 0.2) is 17.0 Å². The molecule has 1 aliphatic rings. The molecule has 0 aliphatic carbocycles. The van der Waals surface area contributed by atoms with Crippen LogP contribution in [0.15, 0.2) is 17.8 Å². The SMILES string of the molecule is CCN(C)c1ncnc2c1ncn2C1CCC(CN=O)O1. The van der Waals surface area contributed by atoms with Gasteiger partial charge < -0.3 is 9.64 Å². The van der Waals surface area contributed by atoms with Crippen LogP contribution < -0.4 is 4.90 Å². The van der Waals surface area contributed by atoms with Crippen molar-refractivity contribution in [2.24, 2.45) is 5.18 Å². The Morgan fingerprint density at radius 3 is 3.05 bits per heavy atom. The quantitative estimate of drug-likeness (QED) is 0.779. The van der Waals surface area contributed by atoms with E-state index in [1.165, 1.54) is 0 Å². The molecule has 0 spiro atoms. The van der Waals surface area contributed by atoms with E-state index < -0.39 is 0 Å². The fraction of sp³-hybridized carbons (Fsp3) is 0.615. The summed E-state index contributed by atoms with van der Waals surface area (Å²) in [6, 6.07) is 0. The van der Waals surface area contributed by atoms with Crippen molar-refractivity contribution in [3.05, 3.63) is 17.6 Å². The zero-order valence-corrected chi connectivity index (χ0v) is 12.1. The summed E-state index contributed by atoms with van der Waals surface area (Å²) >= 11 is 0. The molecule has 0 saturated carbocycles. The Morgan fingerprint density at radius 2 is 2.29 bits per heavy atom. The standard InChI is InChI=1S/C13H18N6O2/c1-3-18(2)12-11-13(15-7-14-12)19(8-16-11)10-5-4-9(21-10)6-17-20/h7-10H,3-6H2,1-2H3. The molecule has 0 radical (unpaired) electrons. The Balaban J connectivity index is 1.93. The minimum Gasteiger partial charge on any atom is -0.358 e. The average molecular weight is 290 g/mol. The maximum Gasteiger partial charge on any atom is 0.167 e. The van der Waals surface area contributed by atoms with Crippen molar-refractivity contribution in [1.29, 1.82) is 0 Å². The molecule has 1 saturated heterocycles. The van der Waals surface area contributed by atoms with Crippen LogP contribution in [0.4, 0.5) is 5.82 Å². The van der Waals surface area contributed by atoms with Gasteiger partial charge in [-0.05, 0) is 19.8 Å². The van der Waals surface area contributed by atoms with Gasteiger partial charge in [0, 0.05) is 13.6 Å². The molecule has 1 aliphatic heterocycles. The predicted octanol–water partition coefficient (Wildman–Crippen LogP) is 1.73. The zero-order chi connectivity index (χ0) is 14.8. The first-order valence-corrected chi connectivity index (χ1v) is 7.07. The molecule has 8 nitrogen and oxygen atoms in total. The molecule has 8 heteroatoms. The topological polar surface area (TPSA) is 85.5 Å². The summed E-state index contributed by atoms with van der Waals surface area (Å²) in [5.41, 5.74) is 1.52. The van der Waals surface area contributed by atoms with Gasteiger partial charge in [0.25, 0.3) is 0 Å². The Labute approximate surface area is 122 Å². The smallest absolute Gasteiger partial charge is 0.167 e. The number of fused-ring (bicyclic) bond motifs is 1. The largest absolute Gasteiger partial charge is 0.358 e. The normalized spacial score (nSPS) is 21.8. The lowest BCUT2D eigenvalue weighted by Gasteiger charge is -2.16. The van der Waals surface area contributed by atoms with Gasteiger partial charge in [-0.2, -0.15) is 4.91 Å². The maximum absolute atomic E-state index is 10.3. The van der Waals surface area contributed by atoms with Crippen LogP contribution in [0.5, 0.6) is 0 Å². The number of nitrogens with zero attached hydrogens (tertiary/aromatic N) is 6. The third-order valence-corrected chi connectivity index (χ3v) is 3.85. The van der Waals surface area contributed by atoms with Crippen molar-refractivity contribution in [2.45, 2.75) is 32.1 Å². The molecule has 0 amide bonds. The molecule has 21 heavy (non-hydrogen) atoms. The summed E-state index contributed by atoms with van der Waals surface area (Å²) in [6.07, 6.45) is 4.67. The van der Waals surface area contributed by atoms with Gasteiger partial charge >= 0.3 is 0 Å². The van der Waals surface area contributed by atoms with E-state index in [2.05, 4.69) is 27.1 Å². The monoisotopic (exact) mass is 290 g/mol. The third kappa shape index (κ3) is 2.46. The van der Waals surface area contributed by atoms with Crippen LogP contribution in [-0.2, 0) is 4.74 Å². The zero-order valence-electron chi connectivity index (χ0n) is 12.1. The van der Waals surface area contributed by atoms with E-state index in [0.717, 1.165) is 36.4 Å². The van der Waals surface area contributed by atoms with Crippen molar-refractivity contribution in [3.63, 3.8) is 0 Å². The molecular weight excluding hydrogens is 272 g/mol. The first kappa shape index (κ1) is 13.9. The lowest BCUT2D eigenvalue weighted by atomic mass is 10.2. The molecule has 112 valence electrons. The van der Waals surface area contributed by atoms with Crippen molar-refractivity contribution in [2.75, 3.05) is 25.0 Å². The van der Waals surface area contributed by atoms with Gasteiger partial charge in [0.05, 0.1) is 12.4 Å². The van der Waals surface area contributed by atoms with Crippen LogP contribution in [0.1, 0.15) is 26.0 Å². The molecule has 3 heterocycles. The van der Waals surface area contributed by atoms with E-state index in [9.17, 15) is 4.91 Å². The van der Waals surface area contributed by atoms with E-state index in [4.69, 9.17) is 4.74 Å². The van der Waals surface area contributed by atoms with Crippen LogP contribution in [0.3, 0.4) is 0 Å². The van der Waals surface area contributed by atoms with E-state index >= 15 is 0 Å². The Bertz CT molecular complexity index is 643. The molecule has 2 aromatic heterocycles. The highest BCUT2D eigenvalue weighted by atomic mass is 16.5. The first-order chi connectivity index (χ1) is 10.2. The number of rotatable bonds is 5. The summed E-state index contributed by atoms with van der Waals surface area (Å²) in [7, 11) is 1.97. The molecule has 2 atom stereocenters. The number of hydrogen-bond acceptors (Lipinski definition) is 7. The second kappa shape index (κ2) is 5.72. The Morgan fingerprint density at radius 1 is 1.43 bits per heavy atom. The summed E-state index contributed by atoms with van der Waals surface area (Å²) in [5.74, 6) is 0.811. The van der Waals surface area contributed by atoms with Crippen molar-refractivity contribution in [3.8, 4) is 0 Å². The fourth-order valence-electron chi connectivity index (χ4n) is 2.59. The van der Waals surface area contributed by atoms with Crippen LogP contribution in [-0.4, -0.2) is 45.8 Å². The lowest BCUT2D eigenvalue weighted by Crippen LogP contribution is -2.18. The third-order valence-electron chi connectivity index (χ3n) is 3.85. The van der Waals surface area contributed by atoms with Crippen LogP contribution in [0.25, 0.3) is 11.2 Å². The minimum absolute atomic E-state index is 0.107. The minimum atomic E-state index is -0.142. The number of ether oxygens (including phenoxy) is 1. The molecule has 3 rings (SSSR count). The second-order valence-electron chi connectivity index (χ2n) is 5.14. The molecular formula is C13H18N6O2. The summed E-state index contributed by atoms with van der Waals surface area (Å²) in [6.45, 7) is 3.09. The highest BCUT2D eigenvalue weighted by Gasteiger charge is 2.28. The van der Waals surface area contributed by atoms with Gasteiger partial charge in [-0.25, -0.2) is 15.0 Å². The second-order valence-corrected chi connectivity index (χ2v) is 5.14. The van der Waals surface area contributed by atoms with E-state index in [1.54, 1.807) is 12.7 Å². The number of nitroso groups, excluding NO2 is 1. The Kier molecular flexibility index (Phi) is 3.78. The Hall–Kier alpha value is -2.09. The molecule has 0 N–H and O–H groups in total. The maximum atomic E-state index is 10.3. The van der Waals surface area contributed by atoms with Crippen LogP contribution >= 0.6 is 0 Å². The fourth-order valence-corrected chi connectivity index (χ4v) is 2.59. The number of hydrogen-bond donors (Lipinski definition) is 0. The molecule has 0 bridgehead atoms. The molecule has 1 fully saturated rings. The number of imidazole rings is 1. The van der Waals surface area contributed by atoms with Crippen LogP contribution in [0, 0.1) is 4.91 Å². The van der Waals surface area contributed by atoms with Gasteiger partial charge in [-0.1, -0.05) is 5.18 Å². The van der Waals surface area contributed by atoms with Crippen molar-refractivity contribution < 1.29 is 4.74 Å². The van der Waals surface area contributed by atoms with E-state index in [0.29, 0.717) is 0 Å². The number of anilines is 1. The summed E-state index contributed by atoms with van der Waals surface area (Å²) in [5, 5.41) is 2.91. The van der Waals surface area contributed by atoms with Gasteiger partial charge in [0.1, 0.15) is 19.1 Å². The van der Waals surface area contributed by atoms with E-state index in [-0.39, 0.29) is 18.9 Å². The van der Waals surface area contributed by atoms with Gasteiger partial charge in [-0.3, -0.25) is 4.57 Å². The average Bonchev–Trinajstić information content (AvgIpc) is 3.12. The van der Waals surface area contributed by atoms with Crippen molar-refractivity contribution >= 4 is 17.0 Å². The summed E-state index contributed by atoms with van der Waals surface area (Å²) < 4.78 is 7.75. The predicted molar refractivity (Wildman–Crippen MR) is 78.1 cm³/mol. The van der Waals surface area contributed by atoms with Gasteiger partial charge in [0.2, 0.25) is 0 Å². The van der Waals surface area contributed by atoms with E-state index in [1.807, 2.05) is 16.5 Å². The van der Waals surface area contributed by atoms with Crippen molar-refractivity contribution in [1.82, 2.24) is 19.5 Å². The highest BCUT2D eigenvalue weighted by molar-refractivity contribution is 5.83. The molecule has 2 aromatic rings.